The Hall–Kier alpha value is -1.36. The molecule has 1 aromatic rings. The molecule has 2 N–H and O–H groups in total. The van der Waals surface area contributed by atoms with Crippen LogP contribution >= 0.6 is 0 Å². The van der Waals surface area contributed by atoms with Gasteiger partial charge in [-0.3, -0.25) is 4.79 Å². The number of nitrogens with two attached hydrogens (primary N) is 1. The van der Waals surface area contributed by atoms with Crippen molar-refractivity contribution < 1.29 is 0 Å². The van der Waals surface area contributed by atoms with Crippen LogP contribution < -0.4 is 16.2 Å². The molecule has 0 spiro atoms. The first-order chi connectivity index (χ1) is 8.51. The molecule has 2 heterocycles. The molecule has 18 heavy (non-hydrogen) atoms. The summed E-state index contributed by atoms with van der Waals surface area (Å²) in [5.41, 5.74) is 6.12. The quantitative estimate of drug-likeness (QED) is 0.857. The Bertz CT molecular complexity index is 512. The number of anilines is 1. The minimum atomic E-state index is -0.172. The van der Waals surface area contributed by atoms with Gasteiger partial charge in [0.2, 0.25) is 0 Å². The summed E-state index contributed by atoms with van der Waals surface area (Å²) in [6, 6.07) is 0.397. The Balaban J connectivity index is 1.83. The number of nitrogens with zero attached hydrogens (tertiary/aromatic N) is 3. The van der Waals surface area contributed by atoms with Gasteiger partial charge < -0.3 is 15.2 Å². The highest BCUT2D eigenvalue weighted by Gasteiger charge is 2.43. The van der Waals surface area contributed by atoms with Gasteiger partial charge in [0.1, 0.15) is 0 Å². The Morgan fingerprint density at radius 3 is 2.67 bits per heavy atom. The van der Waals surface area contributed by atoms with E-state index < -0.39 is 0 Å². The summed E-state index contributed by atoms with van der Waals surface area (Å²) in [6.07, 6.45) is 5.73. The third-order valence-corrected chi connectivity index (χ3v) is 4.21. The molecular weight excluding hydrogens is 228 g/mol. The molecule has 1 aromatic heterocycles. The lowest BCUT2D eigenvalue weighted by Gasteiger charge is -2.50. The van der Waals surface area contributed by atoms with Crippen molar-refractivity contribution in [3.8, 4) is 0 Å². The highest BCUT2D eigenvalue weighted by atomic mass is 16.1. The van der Waals surface area contributed by atoms with Crippen molar-refractivity contribution in [2.45, 2.75) is 38.3 Å². The third-order valence-electron chi connectivity index (χ3n) is 4.21. The summed E-state index contributed by atoms with van der Waals surface area (Å²) in [5, 5.41) is 0. The molecule has 0 bridgehead atoms. The number of hydrogen-bond donors (Lipinski definition) is 1. The van der Waals surface area contributed by atoms with E-state index in [1.807, 2.05) is 9.47 Å². The lowest BCUT2D eigenvalue weighted by molar-refractivity contribution is 0.243. The monoisotopic (exact) mass is 248 g/mol. The van der Waals surface area contributed by atoms with Crippen LogP contribution in [0.5, 0.6) is 0 Å². The second kappa shape index (κ2) is 3.82. The van der Waals surface area contributed by atoms with Gasteiger partial charge >= 0.3 is 0 Å². The highest BCUT2D eigenvalue weighted by Crippen LogP contribution is 2.34. The van der Waals surface area contributed by atoms with Gasteiger partial charge in [-0.1, -0.05) is 13.8 Å². The van der Waals surface area contributed by atoms with Crippen LogP contribution in [0.4, 0.5) is 5.82 Å². The van der Waals surface area contributed by atoms with Crippen LogP contribution in [0.3, 0.4) is 0 Å². The molecule has 3 rings (SSSR count). The van der Waals surface area contributed by atoms with Gasteiger partial charge in [0.25, 0.3) is 5.56 Å². The van der Waals surface area contributed by atoms with Crippen LogP contribution in [0, 0.1) is 5.92 Å². The zero-order valence-corrected chi connectivity index (χ0v) is 11.0. The standard InChI is InChI=1S/C13H20N4O/c1-9(2)13(14)7-16(8-13)11-12(18)17(6-5-15-11)10-3-4-10/h5-6,9-10H,3-4,7-8,14H2,1-2H3. The van der Waals surface area contributed by atoms with E-state index in [0.717, 1.165) is 25.9 Å². The number of aromatic nitrogens is 2. The summed E-state index contributed by atoms with van der Waals surface area (Å²) < 4.78 is 1.81. The van der Waals surface area contributed by atoms with Crippen molar-refractivity contribution in [1.29, 1.82) is 0 Å². The molecule has 1 saturated carbocycles. The molecule has 0 unspecified atom stereocenters. The maximum absolute atomic E-state index is 12.3. The van der Waals surface area contributed by atoms with Crippen molar-refractivity contribution >= 4 is 5.82 Å². The van der Waals surface area contributed by atoms with Crippen LogP contribution in [0.15, 0.2) is 17.2 Å². The lowest BCUT2D eigenvalue weighted by atomic mass is 9.80. The smallest absolute Gasteiger partial charge is 0.293 e. The third kappa shape index (κ3) is 1.73. The normalized spacial score (nSPS) is 22.1. The van der Waals surface area contributed by atoms with Crippen LogP contribution in [0.2, 0.25) is 0 Å². The molecule has 0 radical (unpaired) electrons. The zero-order chi connectivity index (χ0) is 12.9. The average molecular weight is 248 g/mol. The van der Waals surface area contributed by atoms with E-state index >= 15 is 0 Å². The Morgan fingerprint density at radius 1 is 1.44 bits per heavy atom. The maximum atomic E-state index is 12.3. The molecule has 2 aliphatic rings. The van der Waals surface area contributed by atoms with E-state index in [1.54, 1.807) is 12.4 Å². The lowest BCUT2D eigenvalue weighted by Crippen LogP contribution is -2.71. The van der Waals surface area contributed by atoms with Gasteiger partial charge in [-0.25, -0.2) is 4.98 Å². The molecule has 98 valence electrons. The van der Waals surface area contributed by atoms with Gasteiger partial charge in [-0.05, 0) is 18.8 Å². The molecule has 0 amide bonds. The molecule has 1 saturated heterocycles. The highest BCUT2D eigenvalue weighted by molar-refractivity contribution is 5.43. The van der Waals surface area contributed by atoms with Crippen molar-refractivity contribution in [3.05, 3.63) is 22.7 Å². The van der Waals surface area contributed by atoms with Crippen molar-refractivity contribution in [2.75, 3.05) is 18.0 Å². The predicted molar refractivity (Wildman–Crippen MR) is 70.7 cm³/mol. The molecule has 1 aliphatic carbocycles. The summed E-state index contributed by atoms with van der Waals surface area (Å²) >= 11 is 0. The van der Waals surface area contributed by atoms with Gasteiger partial charge in [0.15, 0.2) is 5.82 Å². The first-order valence-electron chi connectivity index (χ1n) is 6.62. The fourth-order valence-electron chi connectivity index (χ4n) is 2.45. The summed E-state index contributed by atoms with van der Waals surface area (Å²) in [7, 11) is 0. The van der Waals surface area contributed by atoms with E-state index in [0.29, 0.717) is 17.8 Å². The van der Waals surface area contributed by atoms with E-state index in [9.17, 15) is 4.79 Å². The fourth-order valence-corrected chi connectivity index (χ4v) is 2.45. The minimum Gasteiger partial charge on any atom is -0.348 e. The Labute approximate surface area is 107 Å². The molecule has 5 heteroatoms. The summed E-state index contributed by atoms with van der Waals surface area (Å²) in [6.45, 7) is 5.69. The Morgan fingerprint density at radius 2 is 2.11 bits per heavy atom. The molecule has 5 nitrogen and oxygen atoms in total. The van der Waals surface area contributed by atoms with Gasteiger partial charge in [-0.15, -0.1) is 0 Å². The van der Waals surface area contributed by atoms with Gasteiger partial charge in [0.05, 0.1) is 5.54 Å². The molecule has 0 aromatic carbocycles. The van der Waals surface area contributed by atoms with E-state index in [4.69, 9.17) is 5.73 Å². The van der Waals surface area contributed by atoms with Crippen LogP contribution in [0.25, 0.3) is 0 Å². The second-order valence-corrected chi connectivity index (χ2v) is 5.94. The first-order valence-corrected chi connectivity index (χ1v) is 6.62. The van der Waals surface area contributed by atoms with Crippen LogP contribution in [-0.4, -0.2) is 28.2 Å². The molecule has 1 aliphatic heterocycles. The molecular formula is C13H20N4O. The number of hydrogen-bond acceptors (Lipinski definition) is 4. The summed E-state index contributed by atoms with van der Waals surface area (Å²) in [4.78, 5) is 18.5. The van der Waals surface area contributed by atoms with Crippen molar-refractivity contribution in [3.63, 3.8) is 0 Å². The minimum absolute atomic E-state index is 0.0332. The van der Waals surface area contributed by atoms with Crippen LogP contribution in [0.1, 0.15) is 32.7 Å². The maximum Gasteiger partial charge on any atom is 0.293 e. The SMILES string of the molecule is CC(C)C1(N)CN(c2nccn(C3CC3)c2=O)C1. The predicted octanol–water partition coefficient (Wildman–Crippen LogP) is 0.752. The van der Waals surface area contributed by atoms with E-state index in [1.165, 1.54) is 0 Å². The molecule has 0 atom stereocenters. The van der Waals surface area contributed by atoms with Crippen molar-refractivity contribution in [1.82, 2.24) is 9.55 Å². The first kappa shape index (κ1) is 11.7. The van der Waals surface area contributed by atoms with Gasteiger partial charge in [0, 0.05) is 31.5 Å². The largest absolute Gasteiger partial charge is 0.348 e. The summed E-state index contributed by atoms with van der Waals surface area (Å²) in [5.74, 6) is 0.981. The molecule has 2 fully saturated rings. The van der Waals surface area contributed by atoms with E-state index in [-0.39, 0.29) is 11.1 Å². The van der Waals surface area contributed by atoms with E-state index in [2.05, 4.69) is 18.8 Å². The topological polar surface area (TPSA) is 64.2 Å². The zero-order valence-electron chi connectivity index (χ0n) is 11.0. The van der Waals surface area contributed by atoms with Gasteiger partial charge in [-0.2, -0.15) is 0 Å². The fraction of sp³-hybridized carbons (Fsp3) is 0.692. The number of rotatable bonds is 3. The second-order valence-electron chi connectivity index (χ2n) is 5.94. The average Bonchev–Trinajstić information content (AvgIpc) is 3.09. The van der Waals surface area contributed by atoms with Crippen molar-refractivity contribution in [2.24, 2.45) is 11.7 Å². The Kier molecular flexibility index (Phi) is 2.48. The van der Waals surface area contributed by atoms with Crippen LogP contribution in [-0.2, 0) is 0 Å².